The molecule has 98 valence electrons. The van der Waals surface area contributed by atoms with Crippen molar-refractivity contribution in [2.45, 2.75) is 19.4 Å². The Morgan fingerprint density at radius 3 is 2.74 bits per heavy atom. The van der Waals surface area contributed by atoms with Crippen LogP contribution >= 0.6 is 0 Å². The number of halogens is 1. The van der Waals surface area contributed by atoms with E-state index in [4.69, 9.17) is 0 Å². The summed E-state index contributed by atoms with van der Waals surface area (Å²) in [5.41, 5.74) is 3.97. The number of anilines is 2. The van der Waals surface area contributed by atoms with Crippen LogP contribution in [-0.2, 0) is 6.42 Å². The molecule has 0 aromatic heterocycles. The van der Waals surface area contributed by atoms with Crippen LogP contribution in [-0.4, -0.2) is 11.7 Å². The number of fused-ring (bicyclic) bond motifs is 1. The van der Waals surface area contributed by atoms with Crippen LogP contribution < -0.4 is 4.90 Å². The molecule has 0 bridgehead atoms. The number of nitrogens with zero attached hydrogens (tertiary/aromatic N) is 1. The number of benzene rings is 2. The lowest BCUT2D eigenvalue weighted by molar-refractivity contribution is 0.199. The zero-order chi connectivity index (χ0) is 13.4. The fraction of sp³-hybridized carbons (Fsp3) is 0.250. The van der Waals surface area contributed by atoms with Crippen LogP contribution in [0.2, 0.25) is 0 Å². The molecular formula is C16H16FNO. The van der Waals surface area contributed by atoms with E-state index in [0.29, 0.717) is 5.56 Å². The van der Waals surface area contributed by atoms with Gasteiger partial charge < -0.3 is 10.0 Å². The molecule has 0 fully saturated rings. The molecule has 3 rings (SSSR count). The standard InChI is InChI=1S/C16H16FNO/c1-11(19)14-10-13(17)6-7-16(14)18-9-8-12-4-2-3-5-15(12)18/h2-7,10-11,19H,8-9H2,1H3/t11-/m1/s1. The van der Waals surface area contributed by atoms with Crippen LogP contribution in [0.25, 0.3) is 0 Å². The number of para-hydroxylation sites is 1. The molecule has 19 heavy (non-hydrogen) atoms. The second-order valence-electron chi connectivity index (χ2n) is 4.91. The Morgan fingerprint density at radius 2 is 1.95 bits per heavy atom. The van der Waals surface area contributed by atoms with E-state index < -0.39 is 6.10 Å². The van der Waals surface area contributed by atoms with Crippen molar-refractivity contribution in [2.75, 3.05) is 11.4 Å². The molecule has 2 aromatic carbocycles. The average Bonchev–Trinajstić information content (AvgIpc) is 2.82. The number of aliphatic hydroxyl groups is 1. The van der Waals surface area contributed by atoms with Crippen molar-refractivity contribution >= 4 is 11.4 Å². The topological polar surface area (TPSA) is 23.5 Å². The summed E-state index contributed by atoms with van der Waals surface area (Å²) in [5, 5.41) is 9.84. The van der Waals surface area contributed by atoms with Gasteiger partial charge in [0, 0.05) is 23.5 Å². The fourth-order valence-electron chi connectivity index (χ4n) is 2.69. The molecule has 0 unspecified atom stereocenters. The second-order valence-corrected chi connectivity index (χ2v) is 4.91. The molecule has 1 aliphatic rings. The number of aliphatic hydroxyl groups excluding tert-OH is 1. The molecule has 0 saturated heterocycles. The molecule has 2 nitrogen and oxygen atoms in total. The smallest absolute Gasteiger partial charge is 0.123 e. The molecular weight excluding hydrogens is 241 g/mol. The third-order valence-corrected chi connectivity index (χ3v) is 3.62. The van der Waals surface area contributed by atoms with Gasteiger partial charge in [-0.3, -0.25) is 0 Å². The van der Waals surface area contributed by atoms with E-state index in [1.54, 1.807) is 13.0 Å². The molecule has 0 spiro atoms. The summed E-state index contributed by atoms with van der Waals surface area (Å²) >= 11 is 0. The minimum Gasteiger partial charge on any atom is -0.389 e. The van der Waals surface area contributed by atoms with Crippen LogP contribution in [0.1, 0.15) is 24.2 Å². The van der Waals surface area contributed by atoms with Gasteiger partial charge in [0.1, 0.15) is 5.82 Å². The maximum absolute atomic E-state index is 13.4. The van der Waals surface area contributed by atoms with Crippen molar-refractivity contribution in [3.63, 3.8) is 0 Å². The van der Waals surface area contributed by atoms with Gasteiger partial charge in [-0.25, -0.2) is 4.39 Å². The van der Waals surface area contributed by atoms with Gasteiger partial charge in [0.25, 0.3) is 0 Å². The fourth-order valence-corrected chi connectivity index (χ4v) is 2.69. The average molecular weight is 257 g/mol. The van der Waals surface area contributed by atoms with Gasteiger partial charge in [-0.1, -0.05) is 18.2 Å². The monoisotopic (exact) mass is 257 g/mol. The van der Waals surface area contributed by atoms with Crippen LogP contribution in [0.15, 0.2) is 42.5 Å². The summed E-state index contributed by atoms with van der Waals surface area (Å²) in [5.74, 6) is -0.313. The predicted octanol–water partition coefficient (Wildman–Crippen LogP) is 3.57. The first-order valence-corrected chi connectivity index (χ1v) is 6.50. The van der Waals surface area contributed by atoms with E-state index in [2.05, 4.69) is 17.0 Å². The summed E-state index contributed by atoms with van der Waals surface area (Å²) in [6, 6.07) is 12.8. The zero-order valence-electron chi connectivity index (χ0n) is 10.8. The van der Waals surface area contributed by atoms with E-state index in [9.17, 15) is 9.50 Å². The van der Waals surface area contributed by atoms with Gasteiger partial charge in [-0.05, 0) is 43.2 Å². The Kier molecular flexibility index (Phi) is 2.99. The van der Waals surface area contributed by atoms with Crippen molar-refractivity contribution in [1.82, 2.24) is 0 Å². The largest absolute Gasteiger partial charge is 0.389 e. The van der Waals surface area contributed by atoms with Gasteiger partial charge in [-0.2, -0.15) is 0 Å². The number of hydrogen-bond donors (Lipinski definition) is 1. The van der Waals surface area contributed by atoms with Gasteiger partial charge in [0.15, 0.2) is 0 Å². The third kappa shape index (κ3) is 2.10. The highest BCUT2D eigenvalue weighted by Gasteiger charge is 2.23. The Labute approximate surface area is 112 Å². The minimum absolute atomic E-state index is 0.313. The lowest BCUT2D eigenvalue weighted by Crippen LogP contribution is -2.16. The van der Waals surface area contributed by atoms with Gasteiger partial charge in [0.05, 0.1) is 6.10 Å². The van der Waals surface area contributed by atoms with Gasteiger partial charge in [0.2, 0.25) is 0 Å². The van der Waals surface area contributed by atoms with Crippen LogP contribution in [0, 0.1) is 5.82 Å². The zero-order valence-corrected chi connectivity index (χ0v) is 10.8. The molecule has 0 saturated carbocycles. The van der Waals surface area contributed by atoms with E-state index in [1.807, 2.05) is 12.1 Å². The molecule has 0 amide bonds. The molecule has 0 radical (unpaired) electrons. The van der Waals surface area contributed by atoms with Crippen molar-refractivity contribution in [2.24, 2.45) is 0 Å². The lowest BCUT2D eigenvalue weighted by atomic mass is 10.1. The van der Waals surface area contributed by atoms with Crippen molar-refractivity contribution < 1.29 is 9.50 Å². The Hall–Kier alpha value is -1.87. The van der Waals surface area contributed by atoms with E-state index in [-0.39, 0.29) is 5.82 Å². The SMILES string of the molecule is C[C@@H](O)c1cc(F)ccc1N1CCc2ccccc21. The Balaban J connectivity index is 2.09. The van der Waals surface area contributed by atoms with Crippen molar-refractivity contribution in [3.05, 3.63) is 59.4 Å². The summed E-state index contributed by atoms with van der Waals surface area (Å²) in [6.07, 6.45) is 0.297. The number of hydrogen-bond acceptors (Lipinski definition) is 2. The van der Waals surface area contributed by atoms with Crippen molar-refractivity contribution in [3.8, 4) is 0 Å². The van der Waals surface area contributed by atoms with Crippen LogP contribution in [0.3, 0.4) is 0 Å². The molecule has 3 heteroatoms. The first-order valence-electron chi connectivity index (χ1n) is 6.50. The number of rotatable bonds is 2. The van der Waals surface area contributed by atoms with Crippen LogP contribution in [0.5, 0.6) is 0 Å². The third-order valence-electron chi connectivity index (χ3n) is 3.62. The lowest BCUT2D eigenvalue weighted by Gasteiger charge is -2.24. The molecule has 2 aromatic rings. The minimum atomic E-state index is -0.682. The van der Waals surface area contributed by atoms with Crippen LogP contribution in [0.4, 0.5) is 15.8 Å². The Bertz CT molecular complexity index is 609. The molecule has 1 heterocycles. The molecule has 1 atom stereocenters. The quantitative estimate of drug-likeness (QED) is 0.889. The first-order chi connectivity index (χ1) is 9.16. The summed E-state index contributed by atoms with van der Waals surface area (Å²) in [7, 11) is 0. The highest BCUT2D eigenvalue weighted by Crippen LogP contribution is 2.38. The highest BCUT2D eigenvalue weighted by molar-refractivity contribution is 5.72. The maximum Gasteiger partial charge on any atom is 0.123 e. The highest BCUT2D eigenvalue weighted by atomic mass is 19.1. The summed E-state index contributed by atoms with van der Waals surface area (Å²) < 4.78 is 13.4. The maximum atomic E-state index is 13.4. The van der Waals surface area contributed by atoms with E-state index >= 15 is 0 Å². The van der Waals surface area contributed by atoms with Gasteiger partial charge >= 0.3 is 0 Å². The second kappa shape index (κ2) is 4.67. The van der Waals surface area contributed by atoms with Crippen molar-refractivity contribution in [1.29, 1.82) is 0 Å². The summed E-state index contributed by atoms with van der Waals surface area (Å²) in [4.78, 5) is 2.15. The molecule has 0 aliphatic carbocycles. The first kappa shape index (κ1) is 12.2. The molecule has 1 N–H and O–H groups in total. The Morgan fingerprint density at radius 1 is 1.16 bits per heavy atom. The van der Waals surface area contributed by atoms with E-state index in [0.717, 1.165) is 24.3 Å². The molecule has 1 aliphatic heterocycles. The normalized spacial score (nSPS) is 15.4. The summed E-state index contributed by atoms with van der Waals surface area (Å²) in [6.45, 7) is 2.53. The van der Waals surface area contributed by atoms with E-state index in [1.165, 1.54) is 17.7 Å². The van der Waals surface area contributed by atoms with Gasteiger partial charge in [-0.15, -0.1) is 0 Å². The predicted molar refractivity (Wildman–Crippen MR) is 74.2 cm³/mol.